The molecule has 1 aromatic heterocycles. The molecule has 2 N–H and O–H groups in total. The SMILES string of the molecule is O=C(CN1CCCC1Cc1c(C(=O)O)sc2ccccc12)Nc1cccc(S(=O)(=O)N2CCOCC2)c1. The van der Waals surface area contributed by atoms with Crippen molar-refractivity contribution in [1.82, 2.24) is 9.21 Å². The van der Waals surface area contributed by atoms with Gasteiger partial charge in [-0.2, -0.15) is 4.31 Å². The van der Waals surface area contributed by atoms with Gasteiger partial charge in [0.15, 0.2) is 0 Å². The molecule has 1 amide bonds. The van der Waals surface area contributed by atoms with E-state index >= 15 is 0 Å². The molecule has 0 spiro atoms. The lowest BCUT2D eigenvalue weighted by Crippen LogP contribution is -2.40. The van der Waals surface area contributed by atoms with E-state index in [-0.39, 0.29) is 23.4 Å². The van der Waals surface area contributed by atoms with Crippen LogP contribution >= 0.6 is 11.3 Å². The summed E-state index contributed by atoms with van der Waals surface area (Å²) < 4.78 is 33.5. The highest BCUT2D eigenvalue weighted by atomic mass is 32.2. The number of hydrogen-bond acceptors (Lipinski definition) is 7. The number of carbonyl (C=O) groups is 2. The number of carbonyl (C=O) groups excluding carboxylic acids is 1. The maximum absolute atomic E-state index is 13.0. The number of carboxylic acids is 1. The summed E-state index contributed by atoms with van der Waals surface area (Å²) in [6.45, 7) is 2.23. The van der Waals surface area contributed by atoms with Crippen molar-refractivity contribution in [2.24, 2.45) is 0 Å². The van der Waals surface area contributed by atoms with Crippen LogP contribution in [-0.4, -0.2) is 80.0 Å². The van der Waals surface area contributed by atoms with Gasteiger partial charge in [0.1, 0.15) is 4.88 Å². The number of likely N-dealkylation sites (tertiary alicyclic amines) is 1. The molecule has 0 bridgehead atoms. The second-order valence-electron chi connectivity index (χ2n) is 9.27. The minimum absolute atomic E-state index is 0.0508. The third-order valence-electron chi connectivity index (χ3n) is 6.90. The fraction of sp³-hybridized carbons (Fsp3) is 0.385. The van der Waals surface area contributed by atoms with Crippen LogP contribution in [0.5, 0.6) is 0 Å². The second kappa shape index (κ2) is 10.9. The number of sulfonamides is 1. The molecule has 2 aromatic carbocycles. The number of aromatic carboxylic acids is 1. The first-order valence-electron chi connectivity index (χ1n) is 12.3. The van der Waals surface area contributed by atoms with Gasteiger partial charge in [-0.15, -0.1) is 11.3 Å². The van der Waals surface area contributed by atoms with Gasteiger partial charge in [-0.3, -0.25) is 9.69 Å². The molecule has 2 fully saturated rings. The minimum Gasteiger partial charge on any atom is -0.477 e. The van der Waals surface area contributed by atoms with E-state index in [1.54, 1.807) is 12.1 Å². The fourth-order valence-corrected chi connectivity index (χ4v) is 7.63. The van der Waals surface area contributed by atoms with E-state index < -0.39 is 16.0 Å². The zero-order chi connectivity index (χ0) is 26.0. The van der Waals surface area contributed by atoms with Gasteiger partial charge in [0.2, 0.25) is 15.9 Å². The number of ether oxygens (including phenoxy) is 1. The summed E-state index contributed by atoms with van der Waals surface area (Å²) in [7, 11) is -3.67. The lowest BCUT2D eigenvalue weighted by atomic mass is 10.0. The minimum atomic E-state index is -3.67. The first-order chi connectivity index (χ1) is 17.8. The topological polar surface area (TPSA) is 116 Å². The van der Waals surface area contributed by atoms with Crippen molar-refractivity contribution in [2.75, 3.05) is 44.7 Å². The Labute approximate surface area is 219 Å². The molecule has 5 rings (SSSR count). The van der Waals surface area contributed by atoms with Gasteiger partial charge in [0.05, 0.1) is 24.7 Å². The zero-order valence-electron chi connectivity index (χ0n) is 20.3. The number of nitrogens with zero attached hydrogens (tertiary/aromatic N) is 2. The third kappa shape index (κ3) is 5.55. The van der Waals surface area contributed by atoms with Crippen LogP contribution in [0.25, 0.3) is 10.1 Å². The van der Waals surface area contributed by atoms with E-state index in [1.807, 2.05) is 24.3 Å². The first-order valence-corrected chi connectivity index (χ1v) is 14.5. The van der Waals surface area contributed by atoms with Crippen molar-refractivity contribution in [3.63, 3.8) is 0 Å². The molecular formula is C26H29N3O6S2. The highest BCUT2D eigenvalue weighted by molar-refractivity contribution is 7.89. The fourth-order valence-electron chi connectivity index (χ4n) is 5.10. The molecule has 1 atom stereocenters. The van der Waals surface area contributed by atoms with Crippen LogP contribution in [0.3, 0.4) is 0 Å². The summed E-state index contributed by atoms with van der Waals surface area (Å²) in [6, 6.07) is 14.1. The average molecular weight is 544 g/mol. The maximum Gasteiger partial charge on any atom is 0.346 e. The monoisotopic (exact) mass is 543 g/mol. The van der Waals surface area contributed by atoms with Gasteiger partial charge in [-0.25, -0.2) is 13.2 Å². The van der Waals surface area contributed by atoms with E-state index in [0.717, 1.165) is 35.0 Å². The molecule has 0 aliphatic carbocycles. The lowest BCUT2D eigenvalue weighted by Gasteiger charge is -2.26. The molecule has 0 radical (unpaired) electrons. The summed E-state index contributed by atoms with van der Waals surface area (Å²) in [5.41, 5.74) is 1.25. The van der Waals surface area contributed by atoms with Crippen LogP contribution in [0, 0.1) is 0 Å². The molecule has 1 unspecified atom stereocenters. The number of nitrogens with one attached hydrogen (secondary N) is 1. The van der Waals surface area contributed by atoms with Crippen LogP contribution in [0.15, 0.2) is 53.4 Å². The molecule has 11 heteroatoms. The van der Waals surface area contributed by atoms with Gasteiger partial charge in [0, 0.05) is 29.5 Å². The molecule has 0 saturated carbocycles. The van der Waals surface area contributed by atoms with Crippen molar-refractivity contribution in [1.29, 1.82) is 0 Å². The number of fused-ring (bicyclic) bond motifs is 1. The Morgan fingerprint density at radius 3 is 2.65 bits per heavy atom. The Balaban J connectivity index is 1.27. The van der Waals surface area contributed by atoms with Gasteiger partial charge >= 0.3 is 5.97 Å². The Bertz CT molecular complexity index is 1410. The van der Waals surface area contributed by atoms with E-state index in [0.29, 0.717) is 43.3 Å². The summed E-state index contributed by atoms with van der Waals surface area (Å²) in [5.74, 6) is -1.16. The molecular weight excluding hydrogens is 514 g/mol. The molecule has 3 aromatic rings. The van der Waals surface area contributed by atoms with Gasteiger partial charge in [-0.05, 0) is 61.0 Å². The Kier molecular flexibility index (Phi) is 7.59. The molecule has 37 heavy (non-hydrogen) atoms. The highest BCUT2D eigenvalue weighted by Gasteiger charge is 2.30. The summed E-state index contributed by atoms with van der Waals surface area (Å²) in [6.07, 6.45) is 2.37. The number of rotatable bonds is 8. The summed E-state index contributed by atoms with van der Waals surface area (Å²) in [4.78, 5) is 27.4. The van der Waals surface area contributed by atoms with Gasteiger partial charge < -0.3 is 15.2 Å². The van der Waals surface area contributed by atoms with Crippen molar-refractivity contribution < 1.29 is 27.9 Å². The highest BCUT2D eigenvalue weighted by Crippen LogP contribution is 2.34. The molecule has 9 nitrogen and oxygen atoms in total. The molecule has 2 aliphatic heterocycles. The van der Waals surface area contributed by atoms with E-state index in [1.165, 1.54) is 27.8 Å². The number of thiophene rings is 1. The van der Waals surface area contributed by atoms with Gasteiger partial charge in [-0.1, -0.05) is 24.3 Å². The van der Waals surface area contributed by atoms with Crippen LogP contribution in [0.1, 0.15) is 28.1 Å². The Hall–Kier alpha value is -2.83. The number of morpholine rings is 1. The van der Waals surface area contributed by atoms with Crippen molar-refractivity contribution >= 4 is 49.0 Å². The van der Waals surface area contributed by atoms with Crippen molar-refractivity contribution in [3.8, 4) is 0 Å². The van der Waals surface area contributed by atoms with Gasteiger partial charge in [0.25, 0.3) is 0 Å². The largest absolute Gasteiger partial charge is 0.477 e. The van der Waals surface area contributed by atoms with Crippen LogP contribution in [0.2, 0.25) is 0 Å². The summed E-state index contributed by atoms with van der Waals surface area (Å²) in [5, 5.41) is 13.6. The Morgan fingerprint density at radius 2 is 1.86 bits per heavy atom. The molecule has 196 valence electrons. The lowest BCUT2D eigenvalue weighted by molar-refractivity contribution is -0.117. The molecule has 2 aliphatic rings. The molecule has 2 saturated heterocycles. The number of amides is 1. The number of benzene rings is 2. The second-order valence-corrected chi connectivity index (χ2v) is 12.3. The number of anilines is 1. The molecule has 3 heterocycles. The summed E-state index contributed by atoms with van der Waals surface area (Å²) >= 11 is 1.29. The Morgan fingerprint density at radius 1 is 1.08 bits per heavy atom. The zero-order valence-corrected chi connectivity index (χ0v) is 21.9. The first kappa shape index (κ1) is 25.8. The van der Waals surface area contributed by atoms with Crippen LogP contribution in [0.4, 0.5) is 5.69 Å². The van der Waals surface area contributed by atoms with E-state index in [4.69, 9.17) is 4.74 Å². The number of hydrogen-bond donors (Lipinski definition) is 2. The van der Waals surface area contributed by atoms with Crippen LogP contribution in [-0.2, 0) is 26.0 Å². The quantitative estimate of drug-likeness (QED) is 0.448. The van der Waals surface area contributed by atoms with Crippen LogP contribution < -0.4 is 5.32 Å². The number of carboxylic acid groups (broad SMARTS) is 1. The average Bonchev–Trinajstić information content (AvgIpc) is 3.49. The standard InChI is InChI=1S/C26H29N3O6S2/c30-24(27-18-5-3-7-20(15-18)37(33,34)29-11-13-35-14-12-29)17-28-10-4-6-19(28)16-22-21-8-1-2-9-23(21)36-25(22)26(31)32/h1-3,5,7-9,15,19H,4,6,10-14,16-17H2,(H,27,30)(H,31,32). The normalized spacial score (nSPS) is 19.3. The van der Waals surface area contributed by atoms with Crippen molar-refractivity contribution in [2.45, 2.75) is 30.2 Å². The van der Waals surface area contributed by atoms with Crippen molar-refractivity contribution in [3.05, 3.63) is 59.0 Å². The van der Waals surface area contributed by atoms with E-state index in [2.05, 4.69) is 10.2 Å². The predicted molar refractivity (Wildman–Crippen MR) is 142 cm³/mol. The van der Waals surface area contributed by atoms with E-state index in [9.17, 15) is 23.1 Å². The predicted octanol–water partition coefficient (Wildman–Crippen LogP) is 3.27. The smallest absolute Gasteiger partial charge is 0.346 e. The third-order valence-corrected chi connectivity index (χ3v) is 10.00. The maximum atomic E-state index is 13.0.